The van der Waals surface area contributed by atoms with Gasteiger partial charge in [0.2, 0.25) is 0 Å². The summed E-state index contributed by atoms with van der Waals surface area (Å²) in [4.78, 5) is 0. The van der Waals surface area contributed by atoms with Crippen LogP contribution in [0.5, 0.6) is 0 Å². The number of benzene rings is 1. The van der Waals surface area contributed by atoms with E-state index in [0.29, 0.717) is 0 Å². The van der Waals surface area contributed by atoms with Crippen LogP contribution < -0.4 is 5.43 Å². The maximum absolute atomic E-state index is 12.8. The lowest BCUT2D eigenvalue weighted by Crippen LogP contribution is -1.92. The van der Waals surface area contributed by atoms with Crippen molar-refractivity contribution < 1.29 is 8.78 Å². The van der Waals surface area contributed by atoms with Crippen molar-refractivity contribution in [1.29, 1.82) is 0 Å². The maximum atomic E-state index is 12.8. The van der Waals surface area contributed by atoms with Crippen molar-refractivity contribution in [3.8, 4) is 0 Å². The van der Waals surface area contributed by atoms with Crippen LogP contribution in [0.4, 0.5) is 14.5 Å². The molecule has 12 heavy (non-hydrogen) atoms. The Kier molecular flexibility index (Phi) is 2.74. The molecule has 2 nitrogen and oxygen atoms in total. The van der Waals surface area contributed by atoms with E-state index >= 15 is 0 Å². The highest BCUT2D eigenvalue weighted by Gasteiger charge is 2.00. The van der Waals surface area contributed by atoms with Gasteiger partial charge in [-0.3, -0.25) is 5.43 Å². The summed E-state index contributed by atoms with van der Waals surface area (Å²) in [7, 11) is 0. The number of hydrazone groups is 1. The Morgan fingerprint density at radius 3 is 2.75 bits per heavy atom. The van der Waals surface area contributed by atoms with Crippen LogP contribution in [0.15, 0.2) is 23.3 Å². The first-order valence-corrected chi connectivity index (χ1v) is 3.43. The zero-order chi connectivity index (χ0) is 8.97. The van der Waals surface area contributed by atoms with Crippen molar-refractivity contribution in [3.05, 3.63) is 29.8 Å². The molecule has 0 fully saturated rings. The summed E-state index contributed by atoms with van der Waals surface area (Å²) < 4.78 is 25.2. The Hall–Kier alpha value is -1.45. The minimum absolute atomic E-state index is 0.162. The van der Waals surface area contributed by atoms with Gasteiger partial charge in [-0.15, -0.1) is 0 Å². The largest absolute Gasteiger partial charge is 0.276 e. The highest BCUT2D eigenvalue weighted by atomic mass is 19.1. The molecule has 0 atom stereocenters. The lowest BCUT2D eigenvalue weighted by molar-refractivity contribution is 0.585. The molecular formula is C8H8F2N2. The van der Waals surface area contributed by atoms with E-state index in [9.17, 15) is 8.78 Å². The standard InChI is InChI=1S/C8H8F2N2/c1-2-11-12-8-4-3-6(9)5-7(8)10/h2-5,12H,1H3/b11-2-. The van der Waals surface area contributed by atoms with E-state index in [4.69, 9.17) is 0 Å². The molecule has 1 N–H and O–H groups in total. The molecule has 4 heteroatoms. The first-order valence-electron chi connectivity index (χ1n) is 3.43. The van der Waals surface area contributed by atoms with Crippen LogP contribution in [-0.4, -0.2) is 6.21 Å². The van der Waals surface area contributed by atoms with Gasteiger partial charge in [0.1, 0.15) is 5.82 Å². The Bertz CT molecular complexity index is 297. The number of hydrogen-bond donors (Lipinski definition) is 1. The third-order valence-corrected chi connectivity index (χ3v) is 1.25. The quantitative estimate of drug-likeness (QED) is 0.534. The summed E-state index contributed by atoms with van der Waals surface area (Å²) in [5.41, 5.74) is 2.58. The molecular weight excluding hydrogens is 162 g/mol. The van der Waals surface area contributed by atoms with Crippen molar-refractivity contribution in [2.24, 2.45) is 5.10 Å². The van der Waals surface area contributed by atoms with Gasteiger partial charge < -0.3 is 0 Å². The number of anilines is 1. The normalized spacial score (nSPS) is 10.6. The predicted molar refractivity (Wildman–Crippen MR) is 44.1 cm³/mol. The number of nitrogens with one attached hydrogen (secondary N) is 1. The molecule has 64 valence electrons. The van der Waals surface area contributed by atoms with Crippen LogP contribution in [-0.2, 0) is 0 Å². The van der Waals surface area contributed by atoms with Gasteiger partial charge in [0.15, 0.2) is 5.82 Å². The summed E-state index contributed by atoms with van der Waals surface area (Å²) in [5, 5.41) is 3.60. The second kappa shape index (κ2) is 3.80. The van der Waals surface area contributed by atoms with E-state index in [1.54, 1.807) is 6.92 Å². The van der Waals surface area contributed by atoms with Gasteiger partial charge in [-0.05, 0) is 19.1 Å². The fraction of sp³-hybridized carbons (Fsp3) is 0.125. The van der Waals surface area contributed by atoms with Crippen molar-refractivity contribution in [3.63, 3.8) is 0 Å². The summed E-state index contributed by atoms with van der Waals surface area (Å²) in [6, 6.07) is 3.25. The zero-order valence-corrected chi connectivity index (χ0v) is 6.51. The first kappa shape index (κ1) is 8.64. The van der Waals surface area contributed by atoms with E-state index < -0.39 is 11.6 Å². The van der Waals surface area contributed by atoms with Crippen LogP contribution in [0.25, 0.3) is 0 Å². The smallest absolute Gasteiger partial charge is 0.151 e. The van der Waals surface area contributed by atoms with Crippen molar-refractivity contribution >= 4 is 11.9 Å². The topological polar surface area (TPSA) is 24.4 Å². The van der Waals surface area contributed by atoms with E-state index in [2.05, 4.69) is 10.5 Å². The lowest BCUT2D eigenvalue weighted by atomic mass is 10.3. The zero-order valence-electron chi connectivity index (χ0n) is 6.51. The molecule has 0 amide bonds. The molecule has 0 saturated heterocycles. The SMILES string of the molecule is C/C=N\Nc1ccc(F)cc1F. The molecule has 1 aromatic rings. The van der Waals surface area contributed by atoms with E-state index in [-0.39, 0.29) is 5.69 Å². The highest BCUT2D eigenvalue weighted by molar-refractivity contribution is 5.56. The Morgan fingerprint density at radius 1 is 1.42 bits per heavy atom. The van der Waals surface area contributed by atoms with Gasteiger partial charge in [0, 0.05) is 12.3 Å². The maximum Gasteiger partial charge on any atom is 0.151 e. The number of hydrogen-bond acceptors (Lipinski definition) is 2. The summed E-state index contributed by atoms with van der Waals surface area (Å²) in [6.07, 6.45) is 1.47. The molecule has 0 saturated carbocycles. The van der Waals surface area contributed by atoms with Gasteiger partial charge in [-0.1, -0.05) is 0 Å². The van der Waals surface area contributed by atoms with Gasteiger partial charge in [0.25, 0.3) is 0 Å². The lowest BCUT2D eigenvalue weighted by Gasteiger charge is -2.00. The average molecular weight is 170 g/mol. The number of halogens is 2. The van der Waals surface area contributed by atoms with E-state index in [0.717, 1.165) is 12.1 Å². The van der Waals surface area contributed by atoms with Crippen molar-refractivity contribution in [1.82, 2.24) is 0 Å². The monoisotopic (exact) mass is 170 g/mol. The molecule has 0 aliphatic carbocycles. The minimum atomic E-state index is -0.652. The van der Waals surface area contributed by atoms with E-state index in [1.807, 2.05) is 0 Å². The molecule has 1 aromatic carbocycles. The Labute approximate surface area is 68.9 Å². The minimum Gasteiger partial charge on any atom is -0.276 e. The average Bonchev–Trinajstić information content (AvgIpc) is 2.03. The fourth-order valence-corrected chi connectivity index (χ4v) is 0.714. The van der Waals surface area contributed by atoms with Crippen LogP contribution in [0, 0.1) is 11.6 Å². The Balaban J connectivity index is 2.86. The molecule has 0 bridgehead atoms. The van der Waals surface area contributed by atoms with Crippen molar-refractivity contribution in [2.75, 3.05) is 5.43 Å². The van der Waals surface area contributed by atoms with Gasteiger partial charge in [-0.2, -0.15) is 5.10 Å². The second-order valence-corrected chi connectivity index (χ2v) is 2.12. The Morgan fingerprint density at radius 2 is 2.17 bits per heavy atom. The highest BCUT2D eigenvalue weighted by Crippen LogP contribution is 2.14. The molecule has 0 radical (unpaired) electrons. The molecule has 0 unspecified atom stereocenters. The predicted octanol–water partition coefficient (Wildman–Crippen LogP) is 2.38. The molecule has 1 rings (SSSR count). The fourth-order valence-electron chi connectivity index (χ4n) is 0.714. The summed E-state index contributed by atoms with van der Waals surface area (Å²) in [5.74, 6) is -1.25. The van der Waals surface area contributed by atoms with E-state index in [1.165, 1.54) is 12.3 Å². The van der Waals surface area contributed by atoms with Crippen molar-refractivity contribution in [2.45, 2.75) is 6.92 Å². The summed E-state index contributed by atoms with van der Waals surface area (Å²) >= 11 is 0. The van der Waals surface area contributed by atoms with Gasteiger partial charge in [0.05, 0.1) is 5.69 Å². The van der Waals surface area contributed by atoms with Gasteiger partial charge in [-0.25, -0.2) is 8.78 Å². The molecule has 0 aromatic heterocycles. The van der Waals surface area contributed by atoms with Crippen LogP contribution in [0.1, 0.15) is 6.92 Å². The molecule has 0 spiro atoms. The van der Waals surface area contributed by atoms with Crippen LogP contribution in [0.3, 0.4) is 0 Å². The number of nitrogens with zero attached hydrogens (tertiary/aromatic N) is 1. The second-order valence-electron chi connectivity index (χ2n) is 2.12. The van der Waals surface area contributed by atoms with Gasteiger partial charge >= 0.3 is 0 Å². The number of rotatable bonds is 2. The first-order chi connectivity index (χ1) is 5.74. The molecule has 0 heterocycles. The summed E-state index contributed by atoms with van der Waals surface area (Å²) in [6.45, 7) is 1.69. The van der Waals surface area contributed by atoms with Crippen LogP contribution in [0.2, 0.25) is 0 Å². The third kappa shape index (κ3) is 2.02. The third-order valence-electron chi connectivity index (χ3n) is 1.25. The molecule has 0 aliphatic heterocycles. The molecule has 0 aliphatic rings. The van der Waals surface area contributed by atoms with Crippen LogP contribution >= 0.6 is 0 Å².